The van der Waals surface area contributed by atoms with E-state index in [0.29, 0.717) is 6.54 Å². The maximum atomic E-state index is 4.34. The Morgan fingerprint density at radius 1 is 1.18 bits per heavy atom. The molecule has 1 unspecified atom stereocenters. The van der Waals surface area contributed by atoms with E-state index in [1.54, 1.807) is 7.05 Å². The van der Waals surface area contributed by atoms with Gasteiger partial charge < -0.3 is 10.6 Å². The molecule has 28 heavy (non-hydrogen) atoms. The van der Waals surface area contributed by atoms with E-state index in [4.69, 9.17) is 0 Å². The smallest absolute Gasteiger partial charge is 0.191 e. The van der Waals surface area contributed by atoms with Crippen LogP contribution in [0, 0.1) is 5.92 Å². The zero-order chi connectivity index (χ0) is 19.1. The molecular weight excluding hydrogens is 463 g/mol. The van der Waals surface area contributed by atoms with Crippen molar-refractivity contribution in [3.05, 3.63) is 53.3 Å². The Labute approximate surface area is 185 Å². The first-order chi connectivity index (χ1) is 13.2. The maximum absolute atomic E-state index is 4.34. The van der Waals surface area contributed by atoms with Crippen LogP contribution in [0.1, 0.15) is 36.6 Å². The predicted molar refractivity (Wildman–Crippen MR) is 126 cm³/mol. The molecule has 0 bridgehead atoms. The lowest BCUT2D eigenvalue weighted by molar-refractivity contribution is 0.176. The third-order valence-electron chi connectivity index (χ3n) is 5.28. The molecule has 1 aliphatic rings. The van der Waals surface area contributed by atoms with Crippen molar-refractivity contribution in [2.45, 2.75) is 39.4 Å². The normalized spacial score (nSPS) is 17.8. The van der Waals surface area contributed by atoms with E-state index in [0.717, 1.165) is 30.7 Å². The molecule has 1 saturated heterocycles. The van der Waals surface area contributed by atoms with Gasteiger partial charge in [-0.1, -0.05) is 31.2 Å². The van der Waals surface area contributed by atoms with Crippen LogP contribution in [0.2, 0.25) is 0 Å². The molecule has 154 valence electrons. The Balaban J connectivity index is 0.00000280. The Hall–Kier alpha value is -1.61. The first-order valence-electron chi connectivity index (χ1n) is 9.86. The maximum Gasteiger partial charge on any atom is 0.191 e. The van der Waals surface area contributed by atoms with Crippen LogP contribution in [0.4, 0.5) is 0 Å². The largest absolute Gasteiger partial charge is 0.352 e. The van der Waals surface area contributed by atoms with Crippen molar-refractivity contribution in [2.75, 3.05) is 20.1 Å². The van der Waals surface area contributed by atoms with Crippen LogP contribution in [0.3, 0.4) is 0 Å². The summed E-state index contributed by atoms with van der Waals surface area (Å²) in [7, 11) is 3.75. The lowest BCUT2D eigenvalue weighted by atomic mass is 9.99. The van der Waals surface area contributed by atoms with Crippen molar-refractivity contribution in [2.24, 2.45) is 18.0 Å². The molecular formula is C21H33IN6. The second kappa shape index (κ2) is 11.4. The first-order valence-corrected chi connectivity index (χ1v) is 9.86. The Morgan fingerprint density at radius 2 is 1.93 bits per heavy atom. The first kappa shape index (κ1) is 22.7. The van der Waals surface area contributed by atoms with Gasteiger partial charge in [-0.05, 0) is 42.5 Å². The monoisotopic (exact) mass is 496 g/mol. The van der Waals surface area contributed by atoms with Gasteiger partial charge in [-0.15, -0.1) is 24.0 Å². The quantitative estimate of drug-likeness (QED) is 0.367. The third kappa shape index (κ3) is 6.48. The van der Waals surface area contributed by atoms with Crippen molar-refractivity contribution < 1.29 is 0 Å². The van der Waals surface area contributed by atoms with E-state index in [-0.39, 0.29) is 24.0 Å². The van der Waals surface area contributed by atoms with Crippen molar-refractivity contribution >= 4 is 29.9 Å². The van der Waals surface area contributed by atoms with Gasteiger partial charge in [0, 0.05) is 39.9 Å². The fraction of sp³-hybridized carbons (Fsp3) is 0.524. The number of likely N-dealkylation sites (tertiary alicyclic amines) is 1. The third-order valence-corrected chi connectivity index (χ3v) is 5.28. The van der Waals surface area contributed by atoms with Crippen molar-refractivity contribution in [1.29, 1.82) is 0 Å². The summed E-state index contributed by atoms with van der Waals surface area (Å²) in [6.45, 7) is 7.27. The van der Waals surface area contributed by atoms with Gasteiger partial charge in [0.25, 0.3) is 0 Å². The molecule has 7 heteroatoms. The number of halogens is 1. The Morgan fingerprint density at radius 3 is 2.61 bits per heavy atom. The zero-order valence-electron chi connectivity index (χ0n) is 17.2. The summed E-state index contributed by atoms with van der Waals surface area (Å²) in [5.41, 5.74) is 3.86. The van der Waals surface area contributed by atoms with Crippen molar-refractivity contribution in [3.63, 3.8) is 0 Å². The molecule has 1 fully saturated rings. The number of aryl methyl sites for hydroxylation is 1. The summed E-state index contributed by atoms with van der Waals surface area (Å²) in [5, 5.41) is 11.0. The Bertz CT molecular complexity index is 757. The van der Waals surface area contributed by atoms with E-state index in [2.05, 4.69) is 56.8 Å². The fourth-order valence-corrected chi connectivity index (χ4v) is 3.70. The molecule has 2 aromatic rings. The van der Waals surface area contributed by atoms with E-state index < -0.39 is 0 Å². The zero-order valence-corrected chi connectivity index (χ0v) is 19.5. The number of rotatable bonds is 6. The van der Waals surface area contributed by atoms with Gasteiger partial charge in [-0.2, -0.15) is 5.10 Å². The number of hydrogen-bond donors (Lipinski definition) is 2. The highest BCUT2D eigenvalue weighted by Gasteiger charge is 2.17. The van der Waals surface area contributed by atoms with Crippen LogP contribution in [-0.4, -0.2) is 40.8 Å². The lowest BCUT2D eigenvalue weighted by Gasteiger charge is -2.31. The summed E-state index contributed by atoms with van der Waals surface area (Å²) in [6, 6.07) is 10.7. The number of guanidine groups is 1. The topological polar surface area (TPSA) is 57.5 Å². The molecule has 0 saturated carbocycles. The van der Waals surface area contributed by atoms with Crippen LogP contribution in [-0.2, 0) is 26.7 Å². The van der Waals surface area contributed by atoms with Gasteiger partial charge >= 0.3 is 0 Å². The van der Waals surface area contributed by atoms with Crippen LogP contribution in [0.25, 0.3) is 0 Å². The fourth-order valence-electron chi connectivity index (χ4n) is 3.70. The lowest BCUT2D eigenvalue weighted by Crippen LogP contribution is -2.37. The molecule has 3 rings (SSSR count). The SMILES string of the molecule is CN=C(NCc1ccccc1CN1CCCC(C)C1)NCc1ccnn1C.I. The minimum absolute atomic E-state index is 0. The van der Waals surface area contributed by atoms with E-state index in [1.165, 1.54) is 37.1 Å². The summed E-state index contributed by atoms with van der Waals surface area (Å²) >= 11 is 0. The average molecular weight is 496 g/mol. The minimum atomic E-state index is 0. The number of benzene rings is 1. The van der Waals surface area contributed by atoms with Crippen LogP contribution < -0.4 is 10.6 Å². The van der Waals surface area contributed by atoms with E-state index in [9.17, 15) is 0 Å². The highest BCUT2D eigenvalue weighted by atomic mass is 127. The standard InChI is InChI=1S/C21H32N6.HI/c1-17-7-6-12-27(15-17)16-19-9-5-4-8-18(19)13-23-21(22-2)24-14-20-10-11-25-26(20)3;/h4-5,8-11,17H,6-7,12-16H2,1-3H3,(H2,22,23,24);1H. The van der Waals surface area contributed by atoms with Gasteiger partial charge in [-0.3, -0.25) is 14.6 Å². The number of nitrogens with zero attached hydrogens (tertiary/aromatic N) is 4. The number of hydrogen-bond acceptors (Lipinski definition) is 3. The average Bonchev–Trinajstić information content (AvgIpc) is 3.08. The van der Waals surface area contributed by atoms with Gasteiger partial charge in [0.05, 0.1) is 12.2 Å². The molecule has 1 atom stereocenters. The molecule has 1 aromatic carbocycles. The molecule has 0 aliphatic carbocycles. The second-order valence-electron chi connectivity index (χ2n) is 7.48. The summed E-state index contributed by atoms with van der Waals surface area (Å²) < 4.78 is 1.87. The Kier molecular flexibility index (Phi) is 9.24. The number of nitrogens with one attached hydrogen (secondary N) is 2. The highest BCUT2D eigenvalue weighted by molar-refractivity contribution is 14.0. The van der Waals surface area contributed by atoms with Gasteiger partial charge in [0.2, 0.25) is 0 Å². The van der Waals surface area contributed by atoms with E-state index >= 15 is 0 Å². The molecule has 6 nitrogen and oxygen atoms in total. The van der Waals surface area contributed by atoms with Gasteiger partial charge in [0.15, 0.2) is 5.96 Å². The van der Waals surface area contributed by atoms with Crippen LogP contribution >= 0.6 is 24.0 Å². The second-order valence-corrected chi connectivity index (χ2v) is 7.48. The minimum Gasteiger partial charge on any atom is -0.352 e. The number of aliphatic imine (C=N–C) groups is 1. The number of piperidine rings is 1. The van der Waals surface area contributed by atoms with E-state index in [1.807, 2.05) is 24.0 Å². The molecule has 0 amide bonds. The molecule has 2 N–H and O–H groups in total. The molecule has 1 aliphatic heterocycles. The molecule has 0 radical (unpaired) electrons. The number of aromatic nitrogens is 2. The predicted octanol–water partition coefficient (Wildman–Crippen LogP) is 3.14. The van der Waals surface area contributed by atoms with Crippen molar-refractivity contribution in [1.82, 2.24) is 25.3 Å². The summed E-state index contributed by atoms with van der Waals surface area (Å²) in [5.74, 6) is 1.61. The van der Waals surface area contributed by atoms with Crippen LogP contribution in [0.5, 0.6) is 0 Å². The summed E-state index contributed by atoms with van der Waals surface area (Å²) in [4.78, 5) is 6.93. The molecule has 0 spiro atoms. The van der Waals surface area contributed by atoms with Crippen molar-refractivity contribution in [3.8, 4) is 0 Å². The summed E-state index contributed by atoms with van der Waals surface area (Å²) in [6.07, 6.45) is 4.48. The van der Waals surface area contributed by atoms with Gasteiger partial charge in [0.1, 0.15) is 0 Å². The molecule has 2 heterocycles. The van der Waals surface area contributed by atoms with Crippen LogP contribution in [0.15, 0.2) is 41.5 Å². The van der Waals surface area contributed by atoms with Gasteiger partial charge in [-0.25, -0.2) is 0 Å². The molecule has 1 aromatic heterocycles. The highest BCUT2D eigenvalue weighted by Crippen LogP contribution is 2.19.